The molecule has 0 heterocycles. The number of rotatable bonds is 8. The number of hydrogen-bond donors (Lipinski definition) is 2. The molecule has 2 aromatic carbocycles. The molecule has 2 N–H and O–H groups in total. The van der Waals surface area contributed by atoms with Crippen LogP contribution in [0.1, 0.15) is 18.1 Å². The van der Waals surface area contributed by atoms with E-state index in [0.717, 1.165) is 36.6 Å². The smallest absolute Gasteiger partial charge is 0.161 e. The van der Waals surface area contributed by atoms with Crippen LogP contribution in [0, 0.1) is 0 Å². The van der Waals surface area contributed by atoms with Crippen molar-refractivity contribution in [3.8, 4) is 17.2 Å². The number of aromatic hydroxyl groups is 1. The van der Waals surface area contributed by atoms with Gasteiger partial charge in [0.05, 0.1) is 13.7 Å². The van der Waals surface area contributed by atoms with Crippen LogP contribution in [0.25, 0.3) is 0 Å². The van der Waals surface area contributed by atoms with E-state index in [2.05, 4.69) is 5.32 Å². The second-order valence-corrected chi connectivity index (χ2v) is 5.01. The van der Waals surface area contributed by atoms with Gasteiger partial charge < -0.3 is 19.9 Å². The third-order valence-corrected chi connectivity index (χ3v) is 3.38. The van der Waals surface area contributed by atoms with Gasteiger partial charge in [0.25, 0.3) is 0 Å². The lowest BCUT2D eigenvalue weighted by molar-refractivity contribution is 0.310. The molecular weight excluding hydrogens is 278 g/mol. The molecule has 4 heteroatoms. The van der Waals surface area contributed by atoms with Crippen molar-refractivity contribution in [3.05, 3.63) is 53.6 Å². The number of phenols is 1. The largest absolute Gasteiger partial charge is 0.508 e. The van der Waals surface area contributed by atoms with Crippen molar-refractivity contribution in [1.29, 1.82) is 0 Å². The second-order valence-electron chi connectivity index (χ2n) is 5.01. The Morgan fingerprint density at radius 3 is 2.41 bits per heavy atom. The van der Waals surface area contributed by atoms with E-state index in [1.807, 2.05) is 37.3 Å². The van der Waals surface area contributed by atoms with Crippen molar-refractivity contribution in [2.45, 2.75) is 19.9 Å². The van der Waals surface area contributed by atoms with Gasteiger partial charge in [-0.3, -0.25) is 0 Å². The fourth-order valence-electron chi connectivity index (χ4n) is 2.22. The van der Waals surface area contributed by atoms with Crippen molar-refractivity contribution in [1.82, 2.24) is 5.32 Å². The summed E-state index contributed by atoms with van der Waals surface area (Å²) in [5.74, 6) is 1.84. The average molecular weight is 301 g/mol. The number of phenolic OH excluding ortho intramolecular Hbond substituents is 1. The van der Waals surface area contributed by atoms with Gasteiger partial charge in [-0.05, 0) is 55.3 Å². The first-order chi connectivity index (χ1) is 10.7. The summed E-state index contributed by atoms with van der Waals surface area (Å²) < 4.78 is 10.9. The van der Waals surface area contributed by atoms with Gasteiger partial charge in [-0.25, -0.2) is 0 Å². The summed E-state index contributed by atoms with van der Waals surface area (Å²) in [4.78, 5) is 0. The van der Waals surface area contributed by atoms with Crippen LogP contribution in [0.3, 0.4) is 0 Å². The lowest BCUT2D eigenvalue weighted by Crippen LogP contribution is -2.16. The molecule has 0 radical (unpaired) electrons. The van der Waals surface area contributed by atoms with Crippen LogP contribution in [-0.2, 0) is 13.0 Å². The van der Waals surface area contributed by atoms with Crippen molar-refractivity contribution < 1.29 is 14.6 Å². The van der Waals surface area contributed by atoms with Crippen LogP contribution in [0.15, 0.2) is 42.5 Å². The van der Waals surface area contributed by atoms with Crippen LogP contribution in [0.5, 0.6) is 17.2 Å². The standard InChI is InChI=1S/C18H23NO3/c1-3-22-17-9-6-15(12-18(17)21-2)13-19-11-10-14-4-7-16(20)8-5-14/h4-9,12,19-20H,3,10-11,13H2,1-2H3. The van der Waals surface area contributed by atoms with Gasteiger partial charge >= 0.3 is 0 Å². The van der Waals surface area contributed by atoms with E-state index in [0.29, 0.717) is 12.4 Å². The second kappa shape index (κ2) is 8.29. The molecule has 0 bridgehead atoms. The molecule has 0 amide bonds. The molecular formula is C18H23NO3. The predicted octanol–water partition coefficient (Wildman–Crippen LogP) is 3.13. The monoisotopic (exact) mass is 301 g/mol. The lowest BCUT2D eigenvalue weighted by Gasteiger charge is -2.11. The number of methoxy groups -OCH3 is 1. The van der Waals surface area contributed by atoms with E-state index in [4.69, 9.17) is 9.47 Å². The van der Waals surface area contributed by atoms with Gasteiger partial charge in [-0.15, -0.1) is 0 Å². The zero-order valence-electron chi connectivity index (χ0n) is 13.1. The first-order valence-electron chi connectivity index (χ1n) is 7.51. The third kappa shape index (κ3) is 4.67. The van der Waals surface area contributed by atoms with E-state index >= 15 is 0 Å². The summed E-state index contributed by atoms with van der Waals surface area (Å²) in [6.45, 7) is 4.24. The molecule has 0 saturated heterocycles. The summed E-state index contributed by atoms with van der Waals surface area (Å²) >= 11 is 0. The maximum atomic E-state index is 9.25. The Labute approximate surface area is 131 Å². The van der Waals surface area contributed by atoms with Crippen molar-refractivity contribution in [2.75, 3.05) is 20.3 Å². The minimum atomic E-state index is 0.304. The van der Waals surface area contributed by atoms with E-state index in [1.54, 1.807) is 19.2 Å². The molecule has 118 valence electrons. The van der Waals surface area contributed by atoms with Crippen molar-refractivity contribution in [2.24, 2.45) is 0 Å². The molecule has 0 aliphatic heterocycles. The van der Waals surface area contributed by atoms with E-state index < -0.39 is 0 Å². The van der Waals surface area contributed by atoms with Gasteiger partial charge in [0.2, 0.25) is 0 Å². The molecule has 0 spiro atoms. The van der Waals surface area contributed by atoms with Crippen molar-refractivity contribution >= 4 is 0 Å². The topological polar surface area (TPSA) is 50.7 Å². The van der Waals surface area contributed by atoms with Gasteiger partial charge in [0, 0.05) is 6.54 Å². The van der Waals surface area contributed by atoms with Gasteiger partial charge in [0.15, 0.2) is 11.5 Å². The molecule has 2 aromatic rings. The summed E-state index contributed by atoms with van der Waals surface area (Å²) in [5.41, 5.74) is 2.36. The molecule has 2 rings (SSSR count). The average Bonchev–Trinajstić information content (AvgIpc) is 2.54. The SMILES string of the molecule is CCOc1ccc(CNCCc2ccc(O)cc2)cc1OC. The van der Waals surface area contributed by atoms with Gasteiger partial charge in [-0.1, -0.05) is 18.2 Å². The molecule has 0 fully saturated rings. The Bertz CT molecular complexity index is 581. The Morgan fingerprint density at radius 1 is 1.00 bits per heavy atom. The van der Waals surface area contributed by atoms with Crippen LogP contribution in [0.4, 0.5) is 0 Å². The zero-order chi connectivity index (χ0) is 15.8. The van der Waals surface area contributed by atoms with Crippen LogP contribution in [-0.4, -0.2) is 25.4 Å². The van der Waals surface area contributed by atoms with Crippen LogP contribution >= 0.6 is 0 Å². The summed E-state index contributed by atoms with van der Waals surface area (Å²) in [6, 6.07) is 13.3. The molecule has 0 aliphatic rings. The number of benzene rings is 2. The highest BCUT2D eigenvalue weighted by atomic mass is 16.5. The Hall–Kier alpha value is -2.20. The minimum absolute atomic E-state index is 0.304. The maximum Gasteiger partial charge on any atom is 0.161 e. The Balaban J connectivity index is 1.82. The molecule has 22 heavy (non-hydrogen) atoms. The van der Waals surface area contributed by atoms with E-state index in [-0.39, 0.29) is 0 Å². The highest BCUT2D eigenvalue weighted by Gasteiger charge is 2.05. The maximum absolute atomic E-state index is 9.25. The predicted molar refractivity (Wildman–Crippen MR) is 87.7 cm³/mol. The highest BCUT2D eigenvalue weighted by Crippen LogP contribution is 2.27. The molecule has 0 aliphatic carbocycles. The Kier molecular flexibility index (Phi) is 6.10. The van der Waals surface area contributed by atoms with E-state index in [9.17, 15) is 5.11 Å². The molecule has 4 nitrogen and oxygen atoms in total. The summed E-state index contributed by atoms with van der Waals surface area (Å²) in [5, 5.41) is 12.7. The molecule has 0 aromatic heterocycles. The first kappa shape index (κ1) is 16.2. The number of ether oxygens (including phenoxy) is 2. The fraction of sp³-hybridized carbons (Fsp3) is 0.333. The summed E-state index contributed by atoms with van der Waals surface area (Å²) in [7, 11) is 1.65. The normalized spacial score (nSPS) is 10.5. The Morgan fingerprint density at radius 2 is 1.73 bits per heavy atom. The number of nitrogens with one attached hydrogen (secondary N) is 1. The number of hydrogen-bond acceptors (Lipinski definition) is 4. The zero-order valence-corrected chi connectivity index (χ0v) is 13.1. The van der Waals surface area contributed by atoms with Crippen LogP contribution in [0.2, 0.25) is 0 Å². The fourth-order valence-corrected chi connectivity index (χ4v) is 2.22. The van der Waals surface area contributed by atoms with Gasteiger partial charge in [0.1, 0.15) is 5.75 Å². The van der Waals surface area contributed by atoms with E-state index in [1.165, 1.54) is 5.56 Å². The van der Waals surface area contributed by atoms with Gasteiger partial charge in [-0.2, -0.15) is 0 Å². The quantitative estimate of drug-likeness (QED) is 0.736. The first-order valence-corrected chi connectivity index (χ1v) is 7.51. The molecule has 0 unspecified atom stereocenters. The van der Waals surface area contributed by atoms with Crippen molar-refractivity contribution in [3.63, 3.8) is 0 Å². The summed E-state index contributed by atoms with van der Waals surface area (Å²) in [6.07, 6.45) is 0.925. The molecule has 0 saturated carbocycles. The highest BCUT2D eigenvalue weighted by molar-refractivity contribution is 5.42. The third-order valence-electron chi connectivity index (χ3n) is 3.38. The van der Waals surface area contributed by atoms with Crippen LogP contribution < -0.4 is 14.8 Å². The molecule has 0 atom stereocenters. The minimum Gasteiger partial charge on any atom is -0.508 e. The lowest BCUT2D eigenvalue weighted by atomic mass is 10.1.